The number of hydrogen-bond acceptors (Lipinski definition) is 4. The second-order valence-electron chi connectivity index (χ2n) is 4.34. The molecule has 1 aromatic heterocycles. The molecule has 108 valence electrons. The molecule has 1 unspecified atom stereocenters. The van der Waals surface area contributed by atoms with Crippen molar-refractivity contribution in [2.75, 3.05) is 0 Å². The van der Waals surface area contributed by atoms with E-state index in [1.165, 1.54) is 24.5 Å². The monoisotopic (exact) mass is 290 g/mol. The zero-order valence-electron chi connectivity index (χ0n) is 11.1. The van der Waals surface area contributed by atoms with Crippen molar-refractivity contribution >= 4 is 0 Å². The number of nitriles is 1. The SMILES string of the molecule is CC(O)c1ccncc1-c1ccc(C#N)c(OC(F)F)c1. The first-order chi connectivity index (χ1) is 10.0. The van der Waals surface area contributed by atoms with Gasteiger partial charge in [0, 0.05) is 18.0 Å². The van der Waals surface area contributed by atoms with Crippen LogP contribution in [0.4, 0.5) is 8.78 Å². The van der Waals surface area contributed by atoms with Crippen LogP contribution in [-0.2, 0) is 0 Å². The third kappa shape index (κ3) is 3.33. The molecule has 6 heteroatoms. The Balaban J connectivity index is 2.53. The van der Waals surface area contributed by atoms with E-state index >= 15 is 0 Å². The van der Waals surface area contributed by atoms with Crippen LogP contribution in [0.5, 0.6) is 5.75 Å². The fourth-order valence-corrected chi connectivity index (χ4v) is 1.99. The molecule has 0 aliphatic heterocycles. The van der Waals surface area contributed by atoms with Crippen LogP contribution >= 0.6 is 0 Å². The van der Waals surface area contributed by atoms with Crippen molar-refractivity contribution in [2.45, 2.75) is 19.6 Å². The third-order valence-corrected chi connectivity index (χ3v) is 2.93. The van der Waals surface area contributed by atoms with Crippen molar-refractivity contribution in [3.05, 3.63) is 47.8 Å². The van der Waals surface area contributed by atoms with Crippen LogP contribution in [0, 0.1) is 11.3 Å². The fraction of sp³-hybridized carbons (Fsp3) is 0.200. The molecular weight excluding hydrogens is 278 g/mol. The number of hydrogen-bond donors (Lipinski definition) is 1. The lowest BCUT2D eigenvalue weighted by atomic mass is 9.98. The normalized spacial score (nSPS) is 12.0. The molecule has 0 saturated heterocycles. The van der Waals surface area contributed by atoms with Gasteiger partial charge in [-0.05, 0) is 36.2 Å². The van der Waals surface area contributed by atoms with Gasteiger partial charge in [0.15, 0.2) is 0 Å². The molecule has 0 aliphatic carbocycles. The summed E-state index contributed by atoms with van der Waals surface area (Å²) < 4.78 is 29.1. The summed E-state index contributed by atoms with van der Waals surface area (Å²) in [6, 6.07) is 7.77. The highest BCUT2D eigenvalue weighted by Gasteiger charge is 2.14. The Bertz CT molecular complexity index is 682. The predicted molar refractivity (Wildman–Crippen MR) is 71.7 cm³/mol. The highest BCUT2D eigenvalue weighted by molar-refractivity contribution is 5.70. The highest BCUT2D eigenvalue weighted by atomic mass is 19.3. The van der Waals surface area contributed by atoms with Crippen molar-refractivity contribution in [1.29, 1.82) is 5.26 Å². The van der Waals surface area contributed by atoms with Gasteiger partial charge in [0.05, 0.1) is 11.7 Å². The zero-order chi connectivity index (χ0) is 15.4. The molecule has 1 N–H and O–H groups in total. The first-order valence-corrected chi connectivity index (χ1v) is 6.14. The Labute approximate surface area is 120 Å². The largest absolute Gasteiger partial charge is 0.433 e. The van der Waals surface area contributed by atoms with E-state index in [2.05, 4.69) is 9.72 Å². The summed E-state index contributed by atoms with van der Waals surface area (Å²) in [5.74, 6) is -0.203. The second-order valence-corrected chi connectivity index (χ2v) is 4.34. The number of alkyl halides is 2. The van der Waals surface area contributed by atoms with Crippen molar-refractivity contribution in [1.82, 2.24) is 4.98 Å². The Morgan fingerprint density at radius 2 is 2.10 bits per heavy atom. The van der Waals surface area contributed by atoms with E-state index in [-0.39, 0.29) is 11.3 Å². The summed E-state index contributed by atoms with van der Waals surface area (Å²) in [4.78, 5) is 3.97. The van der Waals surface area contributed by atoms with E-state index in [0.717, 1.165) is 0 Å². The quantitative estimate of drug-likeness (QED) is 0.938. The summed E-state index contributed by atoms with van der Waals surface area (Å²) in [7, 11) is 0. The summed E-state index contributed by atoms with van der Waals surface area (Å²) in [6.07, 6.45) is 2.32. The highest BCUT2D eigenvalue weighted by Crippen LogP contribution is 2.32. The standard InChI is InChI=1S/C15H12F2N2O2/c1-9(20)12-4-5-19-8-13(12)10-2-3-11(7-18)14(6-10)21-15(16)17/h2-6,8-9,15,20H,1H3. The van der Waals surface area contributed by atoms with Gasteiger partial charge in [0.25, 0.3) is 0 Å². The molecular formula is C15H12F2N2O2. The van der Waals surface area contributed by atoms with Crippen molar-refractivity contribution < 1.29 is 18.6 Å². The van der Waals surface area contributed by atoms with Gasteiger partial charge in [0.1, 0.15) is 11.8 Å². The molecule has 1 heterocycles. The van der Waals surface area contributed by atoms with Crippen LogP contribution in [0.25, 0.3) is 11.1 Å². The van der Waals surface area contributed by atoms with Crippen LogP contribution in [0.3, 0.4) is 0 Å². The number of aliphatic hydroxyl groups is 1. The van der Waals surface area contributed by atoms with E-state index in [0.29, 0.717) is 16.7 Å². The maximum absolute atomic E-state index is 12.4. The van der Waals surface area contributed by atoms with Crippen molar-refractivity contribution in [2.24, 2.45) is 0 Å². The molecule has 1 aromatic carbocycles. The van der Waals surface area contributed by atoms with Gasteiger partial charge in [-0.3, -0.25) is 4.98 Å². The summed E-state index contributed by atoms with van der Waals surface area (Å²) in [5.41, 5.74) is 1.75. The van der Waals surface area contributed by atoms with Crippen LogP contribution < -0.4 is 4.74 Å². The summed E-state index contributed by atoms with van der Waals surface area (Å²) >= 11 is 0. The van der Waals surface area contributed by atoms with Crippen LogP contribution in [0.1, 0.15) is 24.2 Å². The van der Waals surface area contributed by atoms with Crippen molar-refractivity contribution in [3.8, 4) is 22.9 Å². The number of benzene rings is 1. The Kier molecular flexibility index (Phi) is 4.45. The summed E-state index contributed by atoms with van der Waals surface area (Å²) in [5, 5.41) is 18.7. The molecule has 0 radical (unpaired) electrons. The lowest BCUT2D eigenvalue weighted by Crippen LogP contribution is -2.04. The van der Waals surface area contributed by atoms with E-state index in [1.807, 2.05) is 0 Å². The topological polar surface area (TPSA) is 66.1 Å². The number of aromatic nitrogens is 1. The number of aliphatic hydroxyl groups excluding tert-OH is 1. The molecule has 2 aromatic rings. The first-order valence-electron chi connectivity index (χ1n) is 6.14. The van der Waals surface area contributed by atoms with Gasteiger partial charge in [-0.2, -0.15) is 14.0 Å². The number of ether oxygens (including phenoxy) is 1. The molecule has 0 fully saturated rings. The Morgan fingerprint density at radius 3 is 2.71 bits per heavy atom. The fourth-order valence-electron chi connectivity index (χ4n) is 1.99. The van der Waals surface area contributed by atoms with Crippen LogP contribution in [-0.4, -0.2) is 16.7 Å². The number of nitrogens with zero attached hydrogens (tertiary/aromatic N) is 2. The zero-order valence-corrected chi connectivity index (χ0v) is 11.1. The lowest BCUT2D eigenvalue weighted by molar-refractivity contribution is -0.0500. The minimum absolute atomic E-state index is 0.0153. The Morgan fingerprint density at radius 1 is 1.33 bits per heavy atom. The molecule has 0 spiro atoms. The third-order valence-electron chi connectivity index (χ3n) is 2.93. The number of halogens is 2. The minimum atomic E-state index is -3.02. The molecule has 1 atom stereocenters. The van der Waals surface area contributed by atoms with E-state index in [1.54, 1.807) is 25.1 Å². The van der Waals surface area contributed by atoms with Gasteiger partial charge in [0.2, 0.25) is 0 Å². The average Bonchev–Trinajstić information content (AvgIpc) is 2.46. The maximum Gasteiger partial charge on any atom is 0.387 e. The molecule has 21 heavy (non-hydrogen) atoms. The number of rotatable bonds is 4. The van der Waals surface area contributed by atoms with Crippen LogP contribution in [0.15, 0.2) is 36.7 Å². The molecule has 4 nitrogen and oxygen atoms in total. The van der Waals surface area contributed by atoms with Gasteiger partial charge in [-0.25, -0.2) is 0 Å². The van der Waals surface area contributed by atoms with Gasteiger partial charge in [-0.1, -0.05) is 6.07 Å². The second kappa shape index (κ2) is 6.29. The van der Waals surface area contributed by atoms with E-state index in [9.17, 15) is 13.9 Å². The molecule has 0 aliphatic rings. The van der Waals surface area contributed by atoms with Crippen molar-refractivity contribution in [3.63, 3.8) is 0 Å². The minimum Gasteiger partial charge on any atom is -0.433 e. The summed E-state index contributed by atoms with van der Waals surface area (Å²) in [6.45, 7) is -1.42. The van der Waals surface area contributed by atoms with E-state index in [4.69, 9.17) is 5.26 Å². The predicted octanol–water partition coefficient (Wildman–Crippen LogP) is 3.27. The average molecular weight is 290 g/mol. The molecule has 0 bridgehead atoms. The van der Waals surface area contributed by atoms with Gasteiger partial charge in [-0.15, -0.1) is 0 Å². The molecule has 0 saturated carbocycles. The van der Waals surface area contributed by atoms with E-state index < -0.39 is 12.7 Å². The maximum atomic E-state index is 12.4. The lowest BCUT2D eigenvalue weighted by Gasteiger charge is -2.13. The van der Waals surface area contributed by atoms with Gasteiger partial charge >= 0.3 is 6.61 Å². The van der Waals surface area contributed by atoms with Crippen LogP contribution in [0.2, 0.25) is 0 Å². The molecule has 2 rings (SSSR count). The Hall–Kier alpha value is -2.52. The number of pyridine rings is 1. The first kappa shape index (κ1) is 14.9. The van der Waals surface area contributed by atoms with Gasteiger partial charge < -0.3 is 9.84 Å². The smallest absolute Gasteiger partial charge is 0.387 e. The molecule has 0 amide bonds.